The highest BCUT2D eigenvalue weighted by molar-refractivity contribution is 6.42. The van der Waals surface area contributed by atoms with Crippen LogP contribution in [0.2, 0.25) is 10.0 Å². The zero-order valence-corrected chi connectivity index (χ0v) is 8.15. The van der Waals surface area contributed by atoms with E-state index in [4.69, 9.17) is 28.9 Å². The number of hydrogen-bond donors (Lipinski definition) is 1. The molecule has 0 aliphatic rings. The van der Waals surface area contributed by atoms with Crippen LogP contribution in [0.1, 0.15) is 12.5 Å². The van der Waals surface area contributed by atoms with Gasteiger partial charge in [0.2, 0.25) is 0 Å². The maximum absolute atomic E-state index is 5.80. The second-order valence-electron chi connectivity index (χ2n) is 2.37. The van der Waals surface area contributed by atoms with Gasteiger partial charge in [0.1, 0.15) is 0 Å². The standard InChI is InChI=1S/C9H9Cl2N/c1-2-9(12)6-3-4-7(10)8(11)5-6/h2-5H,12H2,1H3/b9-2-. The molecule has 0 aliphatic carbocycles. The molecule has 0 fully saturated rings. The summed E-state index contributed by atoms with van der Waals surface area (Å²) in [6, 6.07) is 5.32. The smallest absolute Gasteiger partial charge is 0.0599 e. The van der Waals surface area contributed by atoms with Crippen molar-refractivity contribution in [3.8, 4) is 0 Å². The first-order chi connectivity index (χ1) is 5.65. The largest absolute Gasteiger partial charge is 0.399 e. The minimum absolute atomic E-state index is 0.527. The van der Waals surface area contributed by atoms with E-state index in [9.17, 15) is 0 Å². The number of benzene rings is 1. The Balaban J connectivity index is 3.13. The molecule has 3 heteroatoms. The first kappa shape index (κ1) is 9.43. The molecule has 1 aromatic carbocycles. The van der Waals surface area contributed by atoms with Crippen molar-refractivity contribution in [1.29, 1.82) is 0 Å². The van der Waals surface area contributed by atoms with E-state index in [0.717, 1.165) is 5.56 Å². The third kappa shape index (κ3) is 1.93. The van der Waals surface area contributed by atoms with Crippen molar-refractivity contribution < 1.29 is 0 Å². The molecule has 0 heterocycles. The van der Waals surface area contributed by atoms with E-state index >= 15 is 0 Å². The van der Waals surface area contributed by atoms with Crippen LogP contribution in [0.15, 0.2) is 24.3 Å². The fourth-order valence-corrected chi connectivity index (χ4v) is 1.14. The molecule has 0 saturated carbocycles. The van der Waals surface area contributed by atoms with Gasteiger partial charge in [-0.15, -0.1) is 0 Å². The molecule has 64 valence electrons. The van der Waals surface area contributed by atoms with Crippen LogP contribution in [0.25, 0.3) is 5.70 Å². The monoisotopic (exact) mass is 201 g/mol. The maximum Gasteiger partial charge on any atom is 0.0599 e. The number of rotatable bonds is 1. The highest BCUT2D eigenvalue weighted by atomic mass is 35.5. The summed E-state index contributed by atoms with van der Waals surface area (Å²) < 4.78 is 0. The van der Waals surface area contributed by atoms with E-state index in [1.54, 1.807) is 12.1 Å². The van der Waals surface area contributed by atoms with Crippen LogP contribution >= 0.6 is 23.2 Å². The van der Waals surface area contributed by atoms with Crippen molar-refractivity contribution in [3.05, 3.63) is 39.9 Å². The molecule has 1 rings (SSSR count). The summed E-state index contributed by atoms with van der Waals surface area (Å²) in [6.45, 7) is 1.87. The summed E-state index contributed by atoms with van der Waals surface area (Å²) in [5.41, 5.74) is 7.27. The topological polar surface area (TPSA) is 26.0 Å². The van der Waals surface area contributed by atoms with Gasteiger partial charge in [0, 0.05) is 5.70 Å². The van der Waals surface area contributed by atoms with E-state index in [-0.39, 0.29) is 0 Å². The summed E-state index contributed by atoms with van der Waals surface area (Å²) in [5, 5.41) is 1.07. The van der Waals surface area contributed by atoms with Crippen molar-refractivity contribution in [1.82, 2.24) is 0 Å². The van der Waals surface area contributed by atoms with Crippen LogP contribution in [-0.2, 0) is 0 Å². The van der Waals surface area contributed by atoms with Crippen LogP contribution in [0.3, 0.4) is 0 Å². The average Bonchev–Trinajstić information content (AvgIpc) is 2.08. The van der Waals surface area contributed by atoms with E-state index in [2.05, 4.69) is 0 Å². The molecule has 0 amide bonds. The Kier molecular flexibility index (Phi) is 3.01. The minimum atomic E-state index is 0.527. The van der Waals surface area contributed by atoms with Gasteiger partial charge in [-0.1, -0.05) is 35.3 Å². The molecule has 0 saturated heterocycles. The van der Waals surface area contributed by atoms with Gasteiger partial charge in [-0.25, -0.2) is 0 Å². The van der Waals surface area contributed by atoms with Gasteiger partial charge in [0.15, 0.2) is 0 Å². The molecule has 0 radical (unpaired) electrons. The van der Waals surface area contributed by atoms with Crippen molar-refractivity contribution in [2.75, 3.05) is 0 Å². The van der Waals surface area contributed by atoms with Crippen LogP contribution in [0.4, 0.5) is 0 Å². The van der Waals surface area contributed by atoms with Gasteiger partial charge < -0.3 is 5.73 Å². The quantitative estimate of drug-likeness (QED) is 0.742. The lowest BCUT2D eigenvalue weighted by molar-refractivity contribution is 1.49. The van der Waals surface area contributed by atoms with Crippen LogP contribution in [-0.4, -0.2) is 0 Å². The molecule has 0 atom stereocenters. The predicted molar refractivity (Wildman–Crippen MR) is 54.3 cm³/mol. The molecule has 1 nitrogen and oxygen atoms in total. The van der Waals surface area contributed by atoms with Crippen molar-refractivity contribution >= 4 is 28.9 Å². The van der Waals surface area contributed by atoms with E-state index < -0.39 is 0 Å². The fraction of sp³-hybridized carbons (Fsp3) is 0.111. The number of nitrogens with two attached hydrogens (primary N) is 1. The third-order valence-corrected chi connectivity index (χ3v) is 2.30. The molecular weight excluding hydrogens is 193 g/mol. The highest BCUT2D eigenvalue weighted by Crippen LogP contribution is 2.24. The van der Waals surface area contributed by atoms with Crippen LogP contribution < -0.4 is 5.73 Å². The van der Waals surface area contributed by atoms with E-state index in [0.29, 0.717) is 15.7 Å². The first-order valence-corrected chi connectivity index (χ1v) is 4.28. The lowest BCUT2D eigenvalue weighted by Gasteiger charge is -2.01. The summed E-state index contributed by atoms with van der Waals surface area (Å²) in [6.07, 6.45) is 1.82. The lowest BCUT2D eigenvalue weighted by atomic mass is 10.1. The Morgan fingerprint density at radius 2 is 2.00 bits per heavy atom. The van der Waals surface area contributed by atoms with Crippen LogP contribution in [0.5, 0.6) is 0 Å². The molecule has 2 N–H and O–H groups in total. The normalized spacial score (nSPS) is 11.8. The zero-order chi connectivity index (χ0) is 9.14. The predicted octanol–water partition coefficient (Wildman–Crippen LogP) is 3.31. The third-order valence-electron chi connectivity index (χ3n) is 1.56. The zero-order valence-electron chi connectivity index (χ0n) is 6.64. The average molecular weight is 202 g/mol. The van der Waals surface area contributed by atoms with Crippen molar-refractivity contribution in [3.63, 3.8) is 0 Å². The maximum atomic E-state index is 5.80. The lowest BCUT2D eigenvalue weighted by Crippen LogP contribution is -1.94. The first-order valence-electron chi connectivity index (χ1n) is 3.52. The van der Waals surface area contributed by atoms with Crippen molar-refractivity contribution in [2.24, 2.45) is 5.73 Å². The SMILES string of the molecule is C/C=C(\N)c1ccc(Cl)c(Cl)c1. The summed E-state index contributed by atoms with van der Waals surface area (Å²) in [7, 11) is 0. The Labute approximate surface area is 81.8 Å². The van der Waals surface area contributed by atoms with Crippen LogP contribution in [0, 0.1) is 0 Å². The van der Waals surface area contributed by atoms with Gasteiger partial charge in [0.25, 0.3) is 0 Å². The molecule has 12 heavy (non-hydrogen) atoms. The molecule has 0 bridgehead atoms. The number of halogens is 2. The van der Waals surface area contributed by atoms with Gasteiger partial charge in [-0.2, -0.15) is 0 Å². The molecule has 1 aromatic rings. The second kappa shape index (κ2) is 3.83. The van der Waals surface area contributed by atoms with E-state index in [1.165, 1.54) is 0 Å². The Morgan fingerprint density at radius 1 is 1.33 bits per heavy atom. The van der Waals surface area contributed by atoms with Gasteiger partial charge >= 0.3 is 0 Å². The number of hydrogen-bond acceptors (Lipinski definition) is 1. The molecule has 0 aromatic heterocycles. The highest BCUT2D eigenvalue weighted by Gasteiger charge is 1.99. The van der Waals surface area contributed by atoms with Gasteiger partial charge in [0.05, 0.1) is 10.0 Å². The van der Waals surface area contributed by atoms with Gasteiger partial charge in [-0.3, -0.25) is 0 Å². The second-order valence-corrected chi connectivity index (χ2v) is 3.19. The minimum Gasteiger partial charge on any atom is -0.399 e. The molecular formula is C9H9Cl2N. The molecule has 0 aliphatic heterocycles. The fourth-order valence-electron chi connectivity index (χ4n) is 0.842. The Hall–Kier alpha value is -0.660. The van der Waals surface area contributed by atoms with E-state index in [1.807, 2.05) is 19.1 Å². The summed E-state index contributed by atoms with van der Waals surface area (Å²) in [5.74, 6) is 0. The Bertz CT molecular complexity index is 318. The molecule has 0 unspecified atom stereocenters. The Morgan fingerprint density at radius 3 is 2.50 bits per heavy atom. The number of allylic oxidation sites excluding steroid dienone is 1. The van der Waals surface area contributed by atoms with Gasteiger partial charge in [-0.05, 0) is 24.6 Å². The summed E-state index contributed by atoms with van der Waals surface area (Å²) >= 11 is 11.5. The van der Waals surface area contributed by atoms with Crippen molar-refractivity contribution in [2.45, 2.75) is 6.92 Å². The summed E-state index contributed by atoms with van der Waals surface area (Å²) in [4.78, 5) is 0. The molecule has 0 spiro atoms.